The van der Waals surface area contributed by atoms with Crippen LogP contribution in [0.5, 0.6) is 0 Å². The van der Waals surface area contributed by atoms with Gasteiger partial charge in [-0.25, -0.2) is 9.69 Å². The first-order chi connectivity index (χ1) is 6.29. The largest absolute Gasteiger partial charge is 0.476 e. The molecule has 1 amide bonds. The standard InChI is InChI=1S/C9H13NO3/c1-3-5-8-10(6-7-13-8)9(11)12-4-2/h3,6-8H,1,4-5H2,2H3. The Labute approximate surface area is 77.4 Å². The fourth-order valence-electron chi connectivity index (χ4n) is 1.04. The number of ether oxygens (including phenoxy) is 2. The van der Waals surface area contributed by atoms with Crippen molar-refractivity contribution in [2.75, 3.05) is 6.61 Å². The molecule has 13 heavy (non-hydrogen) atoms. The summed E-state index contributed by atoms with van der Waals surface area (Å²) < 4.78 is 9.97. The molecule has 1 heterocycles. The number of hydrogen-bond acceptors (Lipinski definition) is 3. The van der Waals surface area contributed by atoms with E-state index in [0.717, 1.165) is 0 Å². The molecule has 4 heteroatoms. The highest BCUT2D eigenvalue weighted by molar-refractivity contribution is 5.69. The third kappa shape index (κ3) is 2.24. The number of carbonyl (C=O) groups is 1. The zero-order valence-electron chi connectivity index (χ0n) is 7.60. The lowest BCUT2D eigenvalue weighted by atomic mass is 10.3. The SMILES string of the molecule is C=CCC1OC=CN1C(=O)OCC. The van der Waals surface area contributed by atoms with E-state index in [1.807, 2.05) is 0 Å². The number of carbonyl (C=O) groups excluding carboxylic acids is 1. The smallest absolute Gasteiger partial charge is 0.416 e. The maximum Gasteiger partial charge on any atom is 0.416 e. The molecule has 0 aromatic heterocycles. The Bertz CT molecular complexity index is 225. The van der Waals surface area contributed by atoms with Gasteiger partial charge in [-0.1, -0.05) is 6.08 Å². The minimum absolute atomic E-state index is 0.295. The molecule has 0 bridgehead atoms. The van der Waals surface area contributed by atoms with E-state index in [-0.39, 0.29) is 12.3 Å². The molecule has 0 saturated carbocycles. The van der Waals surface area contributed by atoms with Gasteiger partial charge in [0.1, 0.15) is 6.26 Å². The zero-order chi connectivity index (χ0) is 9.68. The Morgan fingerprint density at radius 2 is 2.62 bits per heavy atom. The molecule has 0 aromatic carbocycles. The van der Waals surface area contributed by atoms with E-state index >= 15 is 0 Å². The second kappa shape index (κ2) is 4.54. The van der Waals surface area contributed by atoms with Crippen LogP contribution in [0.1, 0.15) is 13.3 Å². The quantitative estimate of drug-likeness (QED) is 0.627. The van der Waals surface area contributed by atoms with Crippen LogP contribution in [0.3, 0.4) is 0 Å². The molecule has 0 aromatic rings. The molecule has 1 aliphatic rings. The van der Waals surface area contributed by atoms with Gasteiger partial charge in [0.15, 0.2) is 6.23 Å². The second-order valence-corrected chi connectivity index (χ2v) is 2.51. The summed E-state index contributed by atoms with van der Waals surface area (Å²) >= 11 is 0. The summed E-state index contributed by atoms with van der Waals surface area (Å²) in [4.78, 5) is 12.7. The normalized spacial score (nSPS) is 19.8. The predicted molar refractivity (Wildman–Crippen MR) is 47.7 cm³/mol. The molecule has 1 aliphatic heterocycles. The van der Waals surface area contributed by atoms with E-state index < -0.39 is 0 Å². The number of hydrogen-bond donors (Lipinski definition) is 0. The third-order valence-electron chi connectivity index (χ3n) is 1.61. The van der Waals surface area contributed by atoms with Crippen molar-refractivity contribution in [2.45, 2.75) is 19.6 Å². The fourth-order valence-corrected chi connectivity index (χ4v) is 1.04. The van der Waals surface area contributed by atoms with Gasteiger partial charge in [-0.2, -0.15) is 0 Å². The summed E-state index contributed by atoms with van der Waals surface area (Å²) in [6, 6.07) is 0. The monoisotopic (exact) mass is 183 g/mol. The summed E-state index contributed by atoms with van der Waals surface area (Å²) in [5.74, 6) is 0. The topological polar surface area (TPSA) is 38.8 Å². The third-order valence-corrected chi connectivity index (χ3v) is 1.61. The highest BCUT2D eigenvalue weighted by atomic mass is 16.6. The van der Waals surface area contributed by atoms with Crippen LogP contribution in [-0.4, -0.2) is 23.8 Å². The first kappa shape index (κ1) is 9.64. The number of nitrogens with zero attached hydrogens (tertiary/aromatic N) is 1. The van der Waals surface area contributed by atoms with E-state index in [0.29, 0.717) is 13.0 Å². The van der Waals surface area contributed by atoms with Gasteiger partial charge < -0.3 is 9.47 Å². The lowest BCUT2D eigenvalue weighted by Crippen LogP contribution is -2.33. The molecular weight excluding hydrogens is 170 g/mol. The predicted octanol–water partition coefficient (Wildman–Crippen LogP) is 1.85. The maximum atomic E-state index is 11.3. The second-order valence-electron chi connectivity index (χ2n) is 2.51. The lowest BCUT2D eigenvalue weighted by molar-refractivity contribution is 0.0438. The van der Waals surface area contributed by atoms with Crippen LogP contribution >= 0.6 is 0 Å². The molecule has 0 saturated heterocycles. The first-order valence-corrected chi connectivity index (χ1v) is 4.17. The lowest BCUT2D eigenvalue weighted by Gasteiger charge is -2.20. The Morgan fingerprint density at radius 3 is 3.23 bits per heavy atom. The van der Waals surface area contributed by atoms with Crippen LogP contribution < -0.4 is 0 Å². The van der Waals surface area contributed by atoms with Crippen LogP contribution in [0.4, 0.5) is 4.79 Å². The van der Waals surface area contributed by atoms with Crippen LogP contribution in [0.15, 0.2) is 25.1 Å². The van der Waals surface area contributed by atoms with Gasteiger partial charge in [0.2, 0.25) is 0 Å². The van der Waals surface area contributed by atoms with E-state index in [1.54, 1.807) is 19.2 Å². The molecule has 0 N–H and O–H groups in total. The van der Waals surface area contributed by atoms with Crippen LogP contribution in [0, 0.1) is 0 Å². The Balaban J connectivity index is 2.51. The molecule has 0 fully saturated rings. The minimum atomic E-state index is -0.386. The van der Waals surface area contributed by atoms with E-state index in [9.17, 15) is 4.79 Å². The highest BCUT2D eigenvalue weighted by Gasteiger charge is 2.26. The van der Waals surface area contributed by atoms with Gasteiger partial charge in [-0.3, -0.25) is 0 Å². The maximum absolute atomic E-state index is 11.3. The van der Waals surface area contributed by atoms with Crippen LogP contribution in [0.2, 0.25) is 0 Å². The zero-order valence-corrected chi connectivity index (χ0v) is 7.60. The highest BCUT2D eigenvalue weighted by Crippen LogP contribution is 2.15. The van der Waals surface area contributed by atoms with Crippen molar-refractivity contribution in [3.05, 3.63) is 25.1 Å². The van der Waals surface area contributed by atoms with Crippen molar-refractivity contribution in [1.29, 1.82) is 0 Å². The average Bonchev–Trinajstić information content (AvgIpc) is 2.54. The Hall–Kier alpha value is -1.45. The van der Waals surface area contributed by atoms with Gasteiger partial charge in [0, 0.05) is 12.6 Å². The molecule has 1 rings (SSSR count). The van der Waals surface area contributed by atoms with Gasteiger partial charge in [0.25, 0.3) is 0 Å². The van der Waals surface area contributed by atoms with Crippen molar-refractivity contribution < 1.29 is 14.3 Å². The van der Waals surface area contributed by atoms with Crippen molar-refractivity contribution in [2.24, 2.45) is 0 Å². The van der Waals surface area contributed by atoms with Crippen molar-refractivity contribution in [3.8, 4) is 0 Å². The summed E-state index contributed by atoms with van der Waals surface area (Å²) in [7, 11) is 0. The molecule has 1 unspecified atom stereocenters. The molecular formula is C9H13NO3. The molecule has 0 spiro atoms. The Kier molecular flexibility index (Phi) is 3.37. The van der Waals surface area contributed by atoms with E-state index in [4.69, 9.17) is 9.47 Å². The minimum Gasteiger partial charge on any atom is -0.476 e. The van der Waals surface area contributed by atoms with Crippen molar-refractivity contribution in [3.63, 3.8) is 0 Å². The van der Waals surface area contributed by atoms with E-state index in [2.05, 4.69) is 6.58 Å². The number of amides is 1. The average molecular weight is 183 g/mol. The summed E-state index contributed by atoms with van der Waals surface area (Å²) in [5, 5.41) is 0. The molecule has 1 atom stereocenters. The van der Waals surface area contributed by atoms with Gasteiger partial charge in [0.05, 0.1) is 6.61 Å². The van der Waals surface area contributed by atoms with Crippen LogP contribution in [-0.2, 0) is 9.47 Å². The molecule has 0 radical (unpaired) electrons. The Morgan fingerprint density at radius 1 is 1.85 bits per heavy atom. The molecule has 4 nitrogen and oxygen atoms in total. The summed E-state index contributed by atoms with van der Waals surface area (Å²) in [5.41, 5.74) is 0. The summed E-state index contributed by atoms with van der Waals surface area (Å²) in [6.45, 7) is 5.71. The van der Waals surface area contributed by atoms with Crippen molar-refractivity contribution in [1.82, 2.24) is 4.90 Å². The number of rotatable bonds is 3. The first-order valence-electron chi connectivity index (χ1n) is 4.17. The van der Waals surface area contributed by atoms with Gasteiger partial charge in [-0.15, -0.1) is 6.58 Å². The van der Waals surface area contributed by atoms with Crippen LogP contribution in [0.25, 0.3) is 0 Å². The molecule has 72 valence electrons. The molecule has 0 aliphatic carbocycles. The van der Waals surface area contributed by atoms with E-state index in [1.165, 1.54) is 11.2 Å². The fraction of sp³-hybridized carbons (Fsp3) is 0.444. The van der Waals surface area contributed by atoms with Gasteiger partial charge >= 0.3 is 6.09 Å². The summed E-state index contributed by atoms with van der Waals surface area (Å²) in [6.07, 6.45) is 4.65. The van der Waals surface area contributed by atoms with Crippen molar-refractivity contribution >= 4 is 6.09 Å². The van der Waals surface area contributed by atoms with Gasteiger partial charge in [-0.05, 0) is 6.92 Å².